The van der Waals surface area contributed by atoms with Gasteiger partial charge in [-0.25, -0.2) is 0 Å². The van der Waals surface area contributed by atoms with E-state index in [1.807, 2.05) is 24.3 Å². The highest BCUT2D eigenvalue weighted by Crippen LogP contribution is 2.30. The van der Waals surface area contributed by atoms with Crippen molar-refractivity contribution in [1.82, 2.24) is 5.32 Å². The molecule has 0 unspecified atom stereocenters. The van der Waals surface area contributed by atoms with Crippen LogP contribution < -0.4 is 5.32 Å². The molecule has 0 spiro atoms. The standard InChI is InChI=1S/C12H16ClNO/c13-11-4-2-10(3-5-11)8-14-9-12(15)6-1-7-12/h2-5,14-15H,1,6-9H2. The number of halogens is 1. The minimum atomic E-state index is -0.438. The molecule has 1 saturated carbocycles. The molecular weight excluding hydrogens is 210 g/mol. The summed E-state index contributed by atoms with van der Waals surface area (Å²) in [5, 5.41) is 13.9. The molecule has 2 N–H and O–H groups in total. The highest BCUT2D eigenvalue weighted by molar-refractivity contribution is 6.30. The first kappa shape index (κ1) is 10.9. The Morgan fingerprint density at radius 2 is 1.93 bits per heavy atom. The van der Waals surface area contributed by atoms with Gasteiger partial charge in [0.25, 0.3) is 0 Å². The Balaban J connectivity index is 1.76. The molecule has 0 amide bonds. The quantitative estimate of drug-likeness (QED) is 0.825. The average Bonchev–Trinajstić information content (AvgIpc) is 2.19. The third-order valence-corrected chi connectivity index (χ3v) is 3.23. The van der Waals surface area contributed by atoms with Crippen LogP contribution >= 0.6 is 11.6 Å². The molecular formula is C12H16ClNO. The van der Waals surface area contributed by atoms with Gasteiger partial charge in [-0.05, 0) is 37.0 Å². The normalized spacial score (nSPS) is 18.5. The van der Waals surface area contributed by atoms with Crippen molar-refractivity contribution < 1.29 is 5.11 Å². The van der Waals surface area contributed by atoms with E-state index in [-0.39, 0.29) is 0 Å². The number of hydrogen-bond acceptors (Lipinski definition) is 2. The molecule has 15 heavy (non-hydrogen) atoms. The average molecular weight is 226 g/mol. The minimum Gasteiger partial charge on any atom is -0.389 e. The third kappa shape index (κ3) is 2.94. The van der Waals surface area contributed by atoms with E-state index in [1.54, 1.807) is 0 Å². The summed E-state index contributed by atoms with van der Waals surface area (Å²) in [6.45, 7) is 1.48. The molecule has 0 aromatic heterocycles. The van der Waals surface area contributed by atoms with Crippen molar-refractivity contribution in [3.63, 3.8) is 0 Å². The van der Waals surface area contributed by atoms with E-state index in [9.17, 15) is 5.11 Å². The second-order valence-corrected chi connectivity index (χ2v) is 4.74. The van der Waals surface area contributed by atoms with Crippen LogP contribution in [0.15, 0.2) is 24.3 Å². The first-order valence-corrected chi connectivity index (χ1v) is 5.73. The fraction of sp³-hybridized carbons (Fsp3) is 0.500. The Morgan fingerprint density at radius 3 is 2.47 bits per heavy atom. The lowest BCUT2D eigenvalue weighted by molar-refractivity contribution is -0.0314. The third-order valence-electron chi connectivity index (χ3n) is 2.98. The molecule has 0 saturated heterocycles. The Bertz CT molecular complexity index is 319. The summed E-state index contributed by atoms with van der Waals surface area (Å²) in [5.74, 6) is 0. The van der Waals surface area contributed by atoms with Crippen LogP contribution in [0, 0.1) is 0 Å². The fourth-order valence-corrected chi connectivity index (χ4v) is 1.93. The molecule has 0 bridgehead atoms. The Morgan fingerprint density at radius 1 is 1.27 bits per heavy atom. The van der Waals surface area contributed by atoms with Crippen LogP contribution in [0.3, 0.4) is 0 Å². The Kier molecular flexibility index (Phi) is 3.29. The van der Waals surface area contributed by atoms with E-state index in [2.05, 4.69) is 5.32 Å². The van der Waals surface area contributed by atoms with Gasteiger partial charge in [0.15, 0.2) is 0 Å². The molecule has 1 aliphatic rings. The minimum absolute atomic E-state index is 0.438. The van der Waals surface area contributed by atoms with Crippen molar-refractivity contribution in [3.05, 3.63) is 34.9 Å². The fourth-order valence-electron chi connectivity index (χ4n) is 1.80. The number of aliphatic hydroxyl groups is 1. The first-order chi connectivity index (χ1) is 7.18. The molecule has 1 fully saturated rings. The lowest BCUT2D eigenvalue weighted by Gasteiger charge is -2.36. The van der Waals surface area contributed by atoms with E-state index in [0.29, 0.717) is 6.54 Å². The van der Waals surface area contributed by atoms with Gasteiger partial charge in [0.05, 0.1) is 5.60 Å². The van der Waals surface area contributed by atoms with Crippen LogP contribution in [0.25, 0.3) is 0 Å². The number of nitrogens with one attached hydrogen (secondary N) is 1. The highest BCUT2D eigenvalue weighted by atomic mass is 35.5. The monoisotopic (exact) mass is 225 g/mol. The van der Waals surface area contributed by atoms with Gasteiger partial charge in [-0.2, -0.15) is 0 Å². The van der Waals surface area contributed by atoms with Gasteiger partial charge >= 0.3 is 0 Å². The molecule has 0 atom stereocenters. The van der Waals surface area contributed by atoms with Gasteiger partial charge in [-0.1, -0.05) is 23.7 Å². The summed E-state index contributed by atoms with van der Waals surface area (Å²) in [6.07, 6.45) is 3.01. The SMILES string of the molecule is OC1(CNCc2ccc(Cl)cc2)CCC1. The van der Waals surface area contributed by atoms with Gasteiger partial charge in [0.1, 0.15) is 0 Å². The summed E-state index contributed by atoms with van der Waals surface area (Å²) < 4.78 is 0. The maximum absolute atomic E-state index is 9.85. The van der Waals surface area contributed by atoms with Crippen molar-refractivity contribution in [2.45, 2.75) is 31.4 Å². The maximum Gasteiger partial charge on any atom is 0.0771 e. The predicted octanol–water partition coefficient (Wildman–Crippen LogP) is 2.34. The molecule has 1 aromatic carbocycles. The van der Waals surface area contributed by atoms with Gasteiger partial charge in [0.2, 0.25) is 0 Å². The zero-order chi connectivity index (χ0) is 10.7. The molecule has 1 aromatic rings. The van der Waals surface area contributed by atoms with Crippen molar-refractivity contribution in [2.24, 2.45) is 0 Å². The molecule has 82 valence electrons. The molecule has 0 aliphatic heterocycles. The maximum atomic E-state index is 9.85. The van der Waals surface area contributed by atoms with Crippen LogP contribution in [0.1, 0.15) is 24.8 Å². The summed E-state index contributed by atoms with van der Waals surface area (Å²) in [6, 6.07) is 7.77. The van der Waals surface area contributed by atoms with Crippen LogP contribution in [0.2, 0.25) is 5.02 Å². The van der Waals surface area contributed by atoms with Gasteiger partial charge in [-0.15, -0.1) is 0 Å². The van der Waals surface area contributed by atoms with Crippen molar-refractivity contribution in [2.75, 3.05) is 6.54 Å². The van der Waals surface area contributed by atoms with E-state index in [0.717, 1.165) is 30.8 Å². The van der Waals surface area contributed by atoms with Gasteiger partial charge in [0, 0.05) is 18.1 Å². The second-order valence-electron chi connectivity index (χ2n) is 4.31. The Labute approximate surface area is 95.3 Å². The van der Waals surface area contributed by atoms with E-state index >= 15 is 0 Å². The first-order valence-electron chi connectivity index (χ1n) is 5.36. The number of benzene rings is 1. The Hall–Kier alpha value is -0.570. The van der Waals surface area contributed by atoms with Crippen molar-refractivity contribution in [3.8, 4) is 0 Å². The number of hydrogen-bond donors (Lipinski definition) is 2. The topological polar surface area (TPSA) is 32.3 Å². The van der Waals surface area contributed by atoms with Crippen LogP contribution in [0.5, 0.6) is 0 Å². The molecule has 0 radical (unpaired) electrons. The summed E-state index contributed by atoms with van der Waals surface area (Å²) in [4.78, 5) is 0. The van der Waals surface area contributed by atoms with E-state index < -0.39 is 5.60 Å². The lowest BCUT2D eigenvalue weighted by Crippen LogP contribution is -2.45. The summed E-state index contributed by atoms with van der Waals surface area (Å²) >= 11 is 5.79. The lowest BCUT2D eigenvalue weighted by atomic mass is 9.80. The molecule has 3 heteroatoms. The van der Waals surface area contributed by atoms with Crippen LogP contribution in [-0.2, 0) is 6.54 Å². The van der Waals surface area contributed by atoms with Crippen molar-refractivity contribution in [1.29, 1.82) is 0 Å². The zero-order valence-electron chi connectivity index (χ0n) is 8.67. The predicted molar refractivity (Wildman–Crippen MR) is 62.0 cm³/mol. The molecule has 1 aliphatic carbocycles. The zero-order valence-corrected chi connectivity index (χ0v) is 9.43. The summed E-state index contributed by atoms with van der Waals surface area (Å²) in [5.41, 5.74) is 0.759. The van der Waals surface area contributed by atoms with E-state index in [4.69, 9.17) is 11.6 Å². The number of rotatable bonds is 4. The van der Waals surface area contributed by atoms with Crippen molar-refractivity contribution >= 4 is 11.6 Å². The van der Waals surface area contributed by atoms with Gasteiger partial charge in [-0.3, -0.25) is 0 Å². The highest BCUT2D eigenvalue weighted by Gasteiger charge is 2.33. The molecule has 0 heterocycles. The van der Waals surface area contributed by atoms with E-state index in [1.165, 1.54) is 5.56 Å². The van der Waals surface area contributed by atoms with Gasteiger partial charge < -0.3 is 10.4 Å². The molecule has 2 rings (SSSR count). The largest absolute Gasteiger partial charge is 0.389 e. The van der Waals surface area contributed by atoms with Crippen LogP contribution in [0.4, 0.5) is 0 Å². The second kappa shape index (κ2) is 4.52. The smallest absolute Gasteiger partial charge is 0.0771 e. The van der Waals surface area contributed by atoms with Crippen LogP contribution in [-0.4, -0.2) is 17.3 Å². The molecule has 2 nitrogen and oxygen atoms in total. The summed E-state index contributed by atoms with van der Waals surface area (Å²) in [7, 11) is 0.